The van der Waals surface area contributed by atoms with Gasteiger partial charge in [0, 0.05) is 6.42 Å². The van der Waals surface area contributed by atoms with Crippen LogP contribution in [0.15, 0.2) is 0 Å². The van der Waals surface area contributed by atoms with Gasteiger partial charge in [-0.1, -0.05) is 90.9 Å². The Morgan fingerprint density at radius 2 is 1.29 bits per heavy atom. The van der Waals surface area contributed by atoms with Crippen molar-refractivity contribution in [3.63, 3.8) is 0 Å². The number of rotatable bonds is 15. The lowest BCUT2D eigenvalue weighted by molar-refractivity contribution is -0.140. The molecule has 0 saturated heterocycles. The lowest BCUT2D eigenvalue weighted by Gasteiger charge is -2.09. The van der Waals surface area contributed by atoms with Crippen LogP contribution in [0, 0.1) is 5.92 Å². The summed E-state index contributed by atoms with van der Waals surface area (Å²) >= 11 is 0. The van der Waals surface area contributed by atoms with E-state index < -0.39 is 0 Å². The number of esters is 1. The molecule has 0 saturated carbocycles. The minimum absolute atomic E-state index is 0.0664. The maximum Gasteiger partial charge on any atom is 0.305 e. The highest BCUT2D eigenvalue weighted by molar-refractivity contribution is 5.68. The van der Waals surface area contributed by atoms with Crippen molar-refractivity contribution in [3.8, 4) is 0 Å². The SMILES string of the molecule is CCC[C@@H](C)CCCCCCCCCCCCC(=O)OC. The predicted octanol–water partition coefficient (Wildman–Crippen LogP) is 6.28. The van der Waals surface area contributed by atoms with E-state index in [-0.39, 0.29) is 5.97 Å². The monoisotopic (exact) mass is 298 g/mol. The highest BCUT2D eigenvalue weighted by Gasteiger charge is 2.00. The summed E-state index contributed by atoms with van der Waals surface area (Å²) in [5.74, 6) is 0.864. The second kappa shape index (κ2) is 15.9. The molecule has 0 aliphatic heterocycles. The van der Waals surface area contributed by atoms with Crippen molar-refractivity contribution in [2.24, 2.45) is 5.92 Å². The largest absolute Gasteiger partial charge is 0.469 e. The topological polar surface area (TPSA) is 26.3 Å². The standard InChI is InChI=1S/C19H38O2/c1-4-15-18(2)16-13-11-9-7-5-6-8-10-12-14-17-19(20)21-3/h18H,4-17H2,1-3H3/t18-/m1/s1. The molecule has 0 aromatic rings. The third-order valence-electron chi connectivity index (χ3n) is 4.34. The zero-order valence-corrected chi connectivity index (χ0v) is 14.8. The van der Waals surface area contributed by atoms with Crippen molar-refractivity contribution < 1.29 is 9.53 Å². The van der Waals surface area contributed by atoms with Crippen LogP contribution >= 0.6 is 0 Å². The van der Waals surface area contributed by atoms with Gasteiger partial charge in [-0.05, 0) is 12.3 Å². The maximum absolute atomic E-state index is 10.9. The van der Waals surface area contributed by atoms with E-state index in [4.69, 9.17) is 0 Å². The van der Waals surface area contributed by atoms with Gasteiger partial charge in [0.2, 0.25) is 0 Å². The first-order chi connectivity index (χ1) is 10.2. The van der Waals surface area contributed by atoms with E-state index in [1.54, 1.807) is 0 Å². The quantitative estimate of drug-likeness (QED) is 0.263. The molecule has 0 bridgehead atoms. The van der Waals surface area contributed by atoms with Crippen molar-refractivity contribution >= 4 is 5.97 Å². The van der Waals surface area contributed by atoms with Gasteiger partial charge >= 0.3 is 5.97 Å². The highest BCUT2D eigenvalue weighted by Crippen LogP contribution is 2.16. The average molecular weight is 299 g/mol. The van der Waals surface area contributed by atoms with Gasteiger partial charge in [0.25, 0.3) is 0 Å². The molecule has 0 heterocycles. The Hall–Kier alpha value is -0.530. The van der Waals surface area contributed by atoms with Gasteiger partial charge in [0.05, 0.1) is 7.11 Å². The molecule has 0 aromatic carbocycles. The molecule has 0 N–H and O–H groups in total. The third-order valence-corrected chi connectivity index (χ3v) is 4.34. The fourth-order valence-electron chi connectivity index (χ4n) is 2.92. The van der Waals surface area contributed by atoms with Crippen LogP contribution in [0.1, 0.15) is 104 Å². The van der Waals surface area contributed by atoms with Crippen LogP contribution in [0.3, 0.4) is 0 Å². The van der Waals surface area contributed by atoms with Crippen LogP contribution in [0.25, 0.3) is 0 Å². The zero-order chi connectivity index (χ0) is 15.8. The molecule has 0 aromatic heterocycles. The number of hydrogen-bond donors (Lipinski definition) is 0. The Labute approximate surface area is 133 Å². The van der Waals surface area contributed by atoms with Gasteiger partial charge < -0.3 is 4.74 Å². The summed E-state index contributed by atoms with van der Waals surface area (Å²) in [6, 6.07) is 0. The molecule has 21 heavy (non-hydrogen) atoms. The average Bonchev–Trinajstić information content (AvgIpc) is 2.48. The summed E-state index contributed by atoms with van der Waals surface area (Å²) in [5.41, 5.74) is 0. The Bertz CT molecular complexity index is 226. The molecule has 2 nitrogen and oxygen atoms in total. The molecule has 1 atom stereocenters. The maximum atomic E-state index is 10.9. The number of carbonyl (C=O) groups excluding carboxylic acids is 1. The Balaban J connectivity index is 3.07. The van der Waals surface area contributed by atoms with Crippen molar-refractivity contribution in [2.75, 3.05) is 7.11 Å². The molecule has 126 valence electrons. The van der Waals surface area contributed by atoms with Crippen LogP contribution in [0.4, 0.5) is 0 Å². The minimum atomic E-state index is -0.0664. The third kappa shape index (κ3) is 15.7. The molecule has 0 aliphatic carbocycles. The van der Waals surface area contributed by atoms with E-state index in [9.17, 15) is 4.79 Å². The minimum Gasteiger partial charge on any atom is -0.469 e. The van der Waals surface area contributed by atoms with Crippen LogP contribution in [0.5, 0.6) is 0 Å². The number of carbonyl (C=O) groups is 1. The molecule has 0 aliphatic rings. The van der Waals surface area contributed by atoms with Crippen LogP contribution in [-0.2, 0) is 9.53 Å². The fraction of sp³-hybridized carbons (Fsp3) is 0.947. The van der Waals surface area contributed by atoms with Crippen LogP contribution < -0.4 is 0 Å². The summed E-state index contributed by atoms with van der Waals surface area (Å²) in [6.07, 6.45) is 17.9. The van der Waals surface area contributed by atoms with E-state index in [0.717, 1.165) is 12.3 Å². The van der Waals surface area contributed by atoms with Crippen LogP contribution in [-0.4, -0.2) is 13.1 Å². The van der Waals surface area contributed by atoms with E-state index in [1.807, 2.05) is 0 Å². The summed E-state index contributed by atoms with van der Waals surface area (Å²) in [4.78, 5) is 10.9. The van der Waals surface area contributed by atoms with Gasteiger partial charge in [0.1, 0.15) is 0 Å². The fourth-order valence-corrected chi connectivity index (χ4v) is 2.92. The number of methoxy groups -OCH3 is 1. The van der Waals surface area contributed by atoms with E-state index in [1.165, 1.54) is 84.2 Å². The highest BCUT2D eigenvalue weighted by atomic mass is 16.5. The first kappa shape index (κ1) is 20.5. The molecular weight excluding hydrogens is 260 g/mol. The summed E-state index contributed by atoms with van der Waals surface area (Å²) in [5, 5.41) is 0. The Kier molecular flexibility index (Phi) is 15.5. The summed E-state index contributed by atoms with van der Waals surface area (Å²) in [6.45, 7) is 4.68. The summed E-state index contributed by atoms with van der Waals surface area (Å²) < 4.78 is 4.63. The molecule has 0 rings (SSSR count). The van der Waals surface area contributed by atoms with Crippen molar-refractivity contribution in [1.82, 2.24) is 0 Å². The lowest BCUT2D eigenvalue weighted by atomic mass is 9.98. The Morgan fingerprint density at radius 1 is 0.810 bits per heavy atom. The van der Waals surface area contributed by atoms with Gasteiger partial charge in [0.15, 0.2) is 0 Å². The van der Waals surface area contributed by atoms with Crippen molar-refractivity contribution in [1.29, 1.82) is 0 Å². The van der Waals surface area contributed by atoms with E-state index >= 15 is 0 Å². The first-order valence-corrected chi connectivity index (χ1v) is 9.27. The second-order valence-corrected chi connectivity index (χ2v) is 6.54. The van der Waals surface area contributed by atoms with Gasteiger partial charge in [-0.15, -0.1) is 0 Å². The molecule has 0 amide bonds. The van der Waals surface area contributed by atoms with Gasteiger partial charge in [-0.2, -0.15) is 0 Å². The Morgan fingerprint density at radius 3 is 1.76 bits per heavy atom. The lowest BCUT2D eigenvalue weighted by Crippen LogP contribution is -1.99. The molecule has 0 unspecified atom stereocenters. The van der Waals surface area contributed by atoms with E-state index in [0.29, 0.717) is 6.42 Å². The predicted molar refractivity (Wildman–Crippen MR) is 91.5 cm³/mol. The normalized spacial score (nSPS) is 12.3. The molecule has 0 fully saturated rings. The van der Waals surface area contributed by atoms with E-state index in [2.05, 4.69) is 18.6 Å². The molecule has 0 radical (unpaired) electrons. The van der Waals surface area contributed by atoms with Crippen molar-refractivity contribution in [3.05, 3.63) is 0 Å². The smallest absolute Gasteiger partial charge is 0.305 e. The zero-order valence-electron chi connectivity index (χ0n) is 14.8. The number of ether oxygens (including phenoxy) is 1. The van der Waals surface area contributed by atoms with Gasteiger partial charge in [-0.25, -0.2) is 0 Å². The van der Waals surface area contributed by atoms with Gasteiger partial charge in [-0.3, -0.25) is 4.79 Å². The molecule has 2 heteroatoms. The van der Waals surface area contributed by atoms with Crippen LogP contribution in [0.2, 0.25) is 0 Å². The molecule has 0 spiro atoms. The second-order valence-electron chi connectivity index (χ2n) is 6.54. The number of unbranched alkanes of at least 4 members (excludes halogenated alkanes) is 9. The number of hydrogen-bond acceptors (Lipinski definition) is 2. The molecular formula is C19H38O2. The first-order valence-electron chi connectivity index (χ1n) is 9.27. The summed E-state index contributed by atoms with van der Waals surface area (Å²) in [7, 11) is 1.47. The van der Waals surface area contributed by atoms with Crippen molar-refractivity contribution in [2.45, 2.75) is 104 Å².